The third-order valence-corrected chi connectivity index (χ3v) is 7.33. The van der Waals surface area contributed by atoms with E-state index in [1.807, 2.05) is 24.3 Å². The van der Waals surface area contributed by atoms with Crippen molar-refractivity contribution in [3.8, 4) is 5.75 Å². The topological polar surface area (TPSA) is 78.8 Å². The van der Waals surface area contributed by atoms with Gasteiger partial charge in [0.15, 0.2) is 0 Å². The molecule has 3 rings (SSSR count). The van der Waals surface area contributed by atoms with Crippen LogP contribution in [0.2, 0.25) is 0 Å². The lowest BCUT2D eigenvalue weighted by molar-refractivity contribution is 0.0595. The number of benzene rings is 2. The van der Waals surface area contributed by atoms with Gasteiger partial charge in [0.1, 0.15) is 10.6 Å². The summed E-state index contributed by atoms with van der Waals surface area (Å²) in [5, 5.41) is 3.70. The van der Waals surface area contributed by atoms with Crippen molar-refractivity contribution < 1.29 is 27.9 Å². The zero-order chi connectivity index (χ0) is 19.8. The van der Waals surface area contributed by atoms with Crippen molar-refractivity contribution in [1.82, 2.24) is 0 Å². The van der Waals surface area contributed by atoms with Crippen LogP contribution in [0.4, 0.5) is 14.5 Å². The van der Waals surface area contributed by atoms with Crippen LogP contribution >= 0.6 is 34.9 Å². The number of hydrogen-bond acceptors (Lipinski definition) is 4. The number of rotatable bonds is 6. The van der Waals surface area contributed by atoms with Crippen LogP contribution in [0.25, 0.3) is 10.1 Å². The lowest BCUT2D eigenvalue weighted by Crippen LogP contribution is -2.12. The number of alkyl halides is 2. The second kappa shape index (κ2) is 7.48. The summed E-state index contributed by atoms with van der Waals surface area (Å²) in [5.41, 5.74) is -2.57. The van der Waals surface area contributed by atoms with Crippen LogP contribution in [0.1, 0.15) is 10.4 Å². The zero-order valence-electron chi connectivity index (χ0n) is 13.9. The predicted molar refractivity (Wildman–Crippen MR) is 106 cm³/mol. The number of halogens is 3. The molecule has 27 heavy (non-hydrogen) atoms. The number of methoxy groups -OCH3 is 1. The van der Waals surface area contributed by atoms with Crippen molar-refractivity contribution in [2.75, 3.05) is 12.4 Å². The number of thiophene rings is 1. The molecule has 0 saturated carbocycles. The Balaban J connectivity index is 1.89. The molecule has 3 aromatic rings. The fourth-order valence-electron chi connectivity index (χ4n) is 2.49. The molecule has 0 saturated heterocycles. The summed E-state index contributed by atoms with van der Waals surface area (Å²) >= 11 is 3.74. The number of fused-ring (bicyclic) bond motifs is 1. The van der Waals surface area contributed by atoms with Crippen molar-refractivity contribution in [3.05, 3.63) is 57.4 Å². The number of hydrogen-bond donors (Lipinski definition) is 3. The number of anilines is 1. The largest absolute Gasteiger partial charge is 0.497 e. The second-order valence-corrected chi connectivity index (χ2v) is 9.24. The Bertz CT molecular complexity index is 1040. The molecular formula is C17H15BrF2NO4PS. The Hall–Kier alpha value is -1.51. The summed E-state index contributed by atoms with van der Waals surface area (Å²) in [7, 11) is -4.05. The van der Waals surface area contributed by atoms with Gasteiger partial charge >= 0.3 is 13.3 Å². The number of nitrogens with one attached hydrogen (secondary N) is 1. The van der Waals surface area contributed by atoms with E-state index in [2.05, 4.69) is 21.2 Å². The van der Waals surface area contributed by atoms with E-state index in [0.29, 0.717) is 33.7 Å². The first-order chi connectivity index (χ1) is 12.6. The van der Waals surface area contributed by atoms with Crippen LogP contribution < -0.4 is 10.1 Å². The second-order valence-electron chi connectivity index (χ2n) is 5.75. The maximum atomic E-state index is 14.1. The molecule has 0 bridgehead atoms. The van der Waals surface area contributed by atoms with Gasteiger partial charge in [0.25, 0.3) is 0 Å². The van der Waals surface area contributed by atoms with E-state index >= 15 is 0 Å². The summed E-state index contributed by atoms with van der Waals surface area (Å²) in [6.07, 6.45) is 0. The molecule has 0 amide bonds. The van der Waals surface area contributed by atoms with Gasteiger partial charge < -0.3 is 19.8 Å². The first kappa shape index (κ1) is 20.2. The minimum atomic E-state index is -5.62. The van der Waals surface area contributed by atoms with E-state index in [-0.39, 0.29) is 4.47 Å². The molecule has 10 heteroatoms. The maximum Gasteiger partial charge on any atom is 0.400 e. The highest BCUT2D eigenvalue weighted by atomic mass is 79.9. The third kappa shape index (κ3) is 4.02. The van der Waals surface area contributed by atoms with Crippen LogP contribution in [0, 0.1) is 0 Å². The third-order valence-electron chi connectivity index (χ3n) is 3.90. The highest BCUT2D eigenvalue weighted by Crippen LogP contribution is 2.62. The van der Waals surface area contributed by atoms with Crippen molar-refractivity contribution in [1.29, 1.82) is 0 Å². The van der Waals surface area contributed by atoms with Crippen molar-refractivity contribution in [2.24, 2.45) is 0 Å². The quantitative estimate of drug-likeness (QED) is 0.408. The minimum absolute atomic E-state index is 0.000875. The highest BCUT2D eigenvalue weighted by Gasteiger charge is 2.53. The molecule has 0 aliphatic carbocycles. The van der Waals surface area contributed by atoms with E-state index in [4.69, 9.17) is 14.5 Å². The molecule has 0 spiro atoms. The summed E-state index contributed by atoms with van der Waals surface area (Å²) in [5.74, 6) is 0.709. The van der Waals surface area contributed by atoms with Crippen molar-refractivity contribution in [3.63, 3.8) is 0 Å². The van der Waals surface area contributed by atoms with E-state index in [1.54, 1.807) is 25.3 Å². The minimum Gasteiger partial charge on any atom is -0.497 e. The average Bonchev–Trinajstić information content (AvgIpc) is 2.96. The molecule has 2 aromatic carbocycles. The van der Waals surface area contributed by atoms with Crippen LogP contribution in [0.5, 0.6) is 5.75 Å². The lowest BCUT2D eigenvalue weighted by atomic mass is 10.1. The molecule has 5 nitrogen and oxygen atoms in total. The molecule has 0 aliphatic heterocycles. The van der Waals surface area contributed by atoms with E-state index < -0.39 is 18.1 Å². The van der Waals surface area contributed by atoms with Crippen molar-refractivity contribution >= 4 is 50.6 Å². The van der Waals surface area contributed by atoms with Crippen molar-refractivity contribution in [2.45, 2.75) is 12.2 Å². The standard InChI is InChI=1S/C17H15BrF2NO4PS/c1-25-12-4-2-3-11(8-12)21-9-10-5-6-14-13(7-10)15(18)16(27-14)17(19,20)26(22,23)24/h2-8,21H,9H2,1H3,(H2,22,23,24). The summed E-state index contributed by atoms with van der Waals surface area (Å²) in [6.45, 7) is 0.440. The number of ether oxygens (including phenoxy) is 1. The van der Waals surface area contributed by atoms with Gasteiger partial charge in [-0.1, -0.05) is 12.1 Å². The Morgan fingerprint density at radius 1 is 1.26 bits per heavy atom. The maximum absolute atomic E-state index is 14.1. The molecule has 0 unspecified atom stereocenters. The summed E-state index contributed by atoms with van der Waals surface area (Å²) < 4.78 is 45.0. The van der Waals surface area contributed by atoms with Gasteiger partial charge in [-0.25, -0.2) is 0 Å². The fraction of sp³-hybridized carbons (Fsp3) is 0.176. The average molecular weight is 478 g/mol. The normalized spacial score (nSPS) is 12.4. The Morgan fingerprint density at radius 2 is 2.00 bits per heavy atom. The molecule has 0 aliphatic rings. The molecule has 144 valence electrons. The monoisotopic (exact) mass is 477 g/mol. The Morgan fingerprint density at radius 3 is 2.67 bits per heavy atom. The van der Waals surface area contributed by atoms with Crippen LogP contribution in [0.15, 0.2) is 46.9 Å². The van der Waals surface area contributed by atoms with Gasteiger partial charge in [-0.15, -0.1) is 11.3 Å². The predicted octanol–water partition coefficient (Wildman–Crippen LogP) is 5.51. The molecule has 0 fully saturated rings. The molecule has 1 heterocycles. The summed E-state index contributed by atoms with van der Waals surface area (Å²) in [4.78, 5) is 17.3. The van der Waals surface area contributed by atoms with E-state index in [9.17, 15) is 13.3 Å². The molecule has 0 atom stereocenters. The van der Waals surface area contributed by atoms with E-state index in [0.717, 1.165) is 11.3 Å². The van der Waals surface area contributed by atoms with Crippen LogP contribution in [0.3, 0.4) is 0 Å². The Labute approximate surface area is 166 Å². The van der Waals surface area contributed by atoms with Gasteiger partial charge in [0.2, 0.25) is 0 Å². The molecule has 3 N–H and O–H groups in total. The van der Waals surface area contributed by atoms with Crippen LogP contribution in [-0.2, 0) is 16.8 Å². The van der Waals surface area contributed by atoms with E-state index in [1.165, 1.54) is 0 Å². The first-order valence-electron chi connectivity index (χ1n) is 7.66. The Kier molecular flexibility index (Phi) is 5.61. The highest BCUT2D eigenvalue weighted by molar-refractivity contribution is 9.10. The summed E-state index contributed by atoms with van der Waals surface area (Å²) in [6, 6.07) is 12.5. The molecule has 1 aromatic heterocycles. The SMILES string of the molecule is COc1cccc(NCc2ccc3sc(C(F)(F)P(=O)(O)O)c(Br)c3c2)c1. The van der Waals surface area contributed by atoms with Gasteiger partial charge in [0.05, 0.1) is 7.11 Å². The first-order valence-corrected chi connectivity index (χ1v) is 10.9. The van der Waals surface area contributed by atoms with Gasteiger partial charge in [-0.2, -0.15) is 8.78 Å². The zero-order valence-corrected chi connectivity index (χ0v) is 17.2. The van der Waals surface area contributed by atoms with Gasteiger partial charge in [0, 0.05) is 32.9 Å². The molecule has 0 radical (unpaired) electrons. The lowest BCUT2D eigenvalue weighted by Gasteiger charge is -2.16. The van der Waals surface area contributed by atoms with Crippen LogP contribution in [-0.4, -0.2) is 16.9 Å². The molecular weight excluding hydrogens is 463 g/mol. The fourth-order valence-corrected chi connectivity index (χ4v) is 5.41. The van der Waals surface area contributed by atoms with Gasteiger partial charge in [-0.3, -0.25) is 4.57 Å². The van der Waals surface area contributed by atoms with Gasteiger partial charge in [-0.05, 0) is 45.8 Å². The smallest absolute Gasteiger partial charge is 0.400 e.